The topological polar surface area (TPSA) is 4.93 Å². The summed E-state index contributed by atoms with van der Waals surface area (Å²) in [7, 11) is 0. The van der Waals surface area contributed by atoms with E-state index in [4.69, 9.17) is 0 Å². The van der Waals surface area contributed by atoms with E-state index in [-0.39, 0.29) is 0 Å². The Morgan fingerprint density at radius 3 is 2.50 bits per heavy atom. The molecule has 1 aromatic heterocycles. The normalized spacial score (nSPS) is 12.7. The summed E-state index contributed by atoms with van der Waals surface area (Å²) in [6.07, 6.45) is 8.28. The lowest BCUT2D eigenvalue weighted by molar-refractivity contribution is 1.18. The first kappa shape index (κ1) is 13.2. The van der Waals surface area contributed by atoms with Crippen LogP contribution in [0.2, 0.25) is 0 Å². The van der Waals surface area contributed by atoms with Crippen LogP contribution in [0, 0.1) is 0 Å². The lowest BCUT2D eigenvalue weighted by atomic mass is 10.0. The van der Waals surface area contributed by atoms with Crippen LogP contribution in [0.1, 0.15) is 11.1 Å². The third kappa shape index (κ3) is 1.83. The molecule has 24 heavy (non-hydrogen) atoms. The molecule has 0 spiro atoms. The van der Waals surface area contributed by atoms with Crippen molar-refractivity contribution in [1.82, 2.24) is 4.57 Å². The summed E-state index contributed by atoms with van der Waals surface area (Å²) in [4.78, 5) is 0. The molecule has 0 fully saturated rings. The molecule has 1 aliphatic carbocycles. The summed E-state index contributed by atoms with van der Waals surface area (Å²) in [5.41, 5.74) is 9.35. The predicted molar refractivity (Wildman–Crippen MR) is 102 cm³/mol. The Hall–Kier alpha value is -3.28. The maximum absolute atomic E-state index is 3.21. The third-order valence-electron chi connectivity index (χ3n) is 4.62. The Balaban J connectivity index is 2.01. The van der Waals surface area contributed by atoms with Gasteiger partial charge in [0.05, 0.1) is 11.0 Å². The van der Waals surface area contributed by atoms with Gasteiger partial charge in [0, 0.05) is 16.5 Å². The first-order chi connectivity index (χ1) is 11.9. The average Bonchev–Trinajstić information content (AvgIpc) is 2.79. The number of aromatic nitrogens is 1. The van der Waals surface area contributed by atoms with Crippen LogP contribution in [0.3, 0.4) is 0 Å². The standard InChI is InChI=1S/C23H15N/c1-3-9-17-15-16-22-23(19(17)12-6-1)20-13-7-8-14-21(20)24(22)18-10-4-2-5-11-18/h1-2,4-16H. The fourth-order valence-corrected chi connectivity index (χ4v) is 3.60. The molecule has 0 saturated carbocycles. The molecule has 3 aromatic carbocycles. The highest BCUT2D eigenvalue weighted by atomic mass is 15.0. The number of nitrogens with zero attached hydrogens (tertiary/aromatic N) is 1. The molecule has 5 rings (SSSR count). The summed E-state index contributed by atoms with van der Waals surface area (Å²) >= 11 is 0. The van der Waals surface area contributed by atoms with Crippen LogP contribution in [-0.4, -0.2) is 4.57 Å². The highest BCUT2D eigenvalue weighted by Crippen LogP contribution is 2.36. The first-order valence-electron chi connectivity index (χ1n) is 8.14. The second-order valence-corrected chi connectivity index (χ2v) is 5.99. The van der Waals surface area contributed by atoms with E-state index in [1.807, 2.05) is 6.08 Å². The molecule has 0 saturated heterocycles. The number of hydrogen-bond donors (Lipinski definition) is 0. The maximum atomic E-state index is 3.21. The third-order valence-corrected chi connectivity index (χ3v) is 4.62. The molecule has 0 N–H and O–H groups in total. The van der Waals surface area contributed by atoms with Gasteiger partial charge in [0.15, 0.2) is 0 Å². The van der Waals surface area contributed by atoms with Crippen LogP contribution in [0.15, 0.2) is 84.6 Å². The van der Waals surface area contributed by atoms with Gasteiger partial charge in [-0.25, -0.2) is 0 Å². The summed E-state index contributed by atoms with van der Waals surface area (Å²) in [6.45, 7) is 0. The highest BCUT2D eigenvalue weighted by Gasteiger charge is 2.15. The van der Waals surface area contributed by atoms with Gasteiger partial charge in [0.25, 0.3) is 0 Å². The van der Waals surface area contributed by atoms with Gasteiger partial charge in [-0.05, 0) is 47.5 Å². The molecule has 112 valence electrons. The lowest BCUT2D eigenvalue weighted by Gasteiger charge is -2.08. The fourth-order valence-electron chi connectivity index (χ4n) is 3.60. The lowest BCUT2D eigenvalue weighted by Crippen LogP contribution is -1.93. The molecule has 0 unspecified atom stereocenters. The van der Waals surface area contributed by atoms with Crippen molar-refractivity contribution in [2.24, 2.45) is 0 Å². The van der Waals surface area contributed by atoms with Gasteiger partial charge in [-0.1, -0.05) is 54.6 Å². The Morgan fingerprint density at radius 2 is 1.58 bits per heavy atom. The van der Waals surface area contributed by atoms with E-state index in [1.165, 1.54) is 38.6 Å². The minimum Gasteiger partial charge on any atom is -0.309 e. The van der Waals surface area contributed by atoms with Crippen LogP contribution in [0.25, 0.3) is 39.6 Å². The predicted octanol–water partition coefficient (Wildman–Crippen LogP) is 5.98. The monoisotopic (exact) mass is 305 g/mol. The zero-order valence-electron chi connectivity index (χ0n) is 13.1. The van der Waals surface area contributed by atoms with Gasteiger partial charge in [-0.2, -0.15) is 0 Å². The summed E-state index contributed by atoms with van der Waals surface area (Å²) in [5, 5.41) is 2.59. The highest BCUT2D eigenvalue weighted by molar-refractivity contribution is 6.14. The smallest absolute Gasteiger partial charge is 0.0547 e. The van der Waals surface area contributed by atoms with E-state index in [1.54, 1.807) is 0 Å². The first-order valence-corrected chi connectivity index (χ1v) is 8.14. The van der Waals surface area contributed by atoms with Crippen molar-refractivity contribution in [3.63, 3.8) is 0 Å². The molecule has 1 nitrogen and oxygen atoms in total. The van der Waals surface area contributed by atoms with E-state index >= 15 is 0 Å². The van der Waals surface area contributed by atoms with Crippen molar-refractivity contribution in [1.29, 1.82) is 0 Å². The Kier molecular flexibility index (Phi) is 2.82. The number of fused-ring (bicyclic) bond motifs is 5. The molecular weight excluding hydrogens is 290 g/mol. The molecule has 0 bridgehead atoms. The van der Waals surface area contributed by atoms with Gasteiger partial charge in [-0.3, -0.25) is 0 Å². The Labute approximate surface area is 140 Å². The Morgan fingerprint density at radius 1 is 0.750 bits per heavy atom. The molecule has 0 radical (unpaired) electrons. The van der Waals surface area contributed by atoms with E-state index in [2.05, 4.69) is 95.3 Å². The van der Waals surface area contributed by atoms with Crippen molar-refractivity contribution >= 4 is 34.0 Å². The molecule has 4 aromatic rings. The minimum atomic E-state index is 1.19. The van der Waals surface area contributed by atoms with Gasteiger partial charge in [0.2, 0.25) is 0 Å². The molecule has 0 amide bonds. The number of hydrogen-bond acceptors (Lipinski definition) is 0. The Bertz CT molecular complexity index is 1170. The van der Waals surface area contributed by atoms with E-state index in [9.17, 15) is 0 Å². The zero-order valence-corrected chi connectivity index (χ0v) is 13.1. The van der Waals surface area contributed by atoms with Gasteiger partial charge >= 0.3 is 0 Å². The number of allylic oxidation sites excluding steroid dienone is 2. The molecular formula is C23H15N. The SMILES string of the molecule is C1=CC=Cc2c(ccc3c2c2ccccc2n3-c2ccccc2)C=1. The van der Waals surface area contributed by atoms with E-state index in [0.717, 1.165) is 0 Å². The quantitative estimate of drug-likeness (QED) is 0.381. The fraction of sp³-hybridized carbons (Fsp3) is 0. The molecule has 0 atom stereocenters. The minimum absolute atomic E-state index is 1.19. The van der Waals surface area contributed by atoms with Crippen LogP contribution in [0.4, 0.5) is 0 Å². The van der Waals surface area contributed by atoms with E-state index in [0.29, 0.717) is 0 Å². The molecule has 1 heterocycles. The van der Waals surface area contributed by atoms with Crippen LogP contribution >= 0.6 is 0 Å². The number of para-hydroxylation sites is 2. The second kappa shape index (κ2) is 5.13. The number of rotatable bonds is 1. The maximum Gasteiger partial charge on any atom is 0.0547 e. The second-order valence-electron chi connectivity index (χ2n) is 5.99. The summed E-state index contributed by atoms with van der Waals surface area (Å²) in [5.74, 6) is 0. The van der Waals surface area contributed by atoms with Gasteiger partial charge < -0.3 is 4.57 Å². The zero-order chi connectivity index (χ0) is 15.9. The summed E-state index contributed by atoms with van der Waals surface area (Å²) in [6, 6.07) is 23.6. The average molecular weight is 305 g/mol. The summed E-state index contributed by atoms with van der Waals surface area (Å²) < 4.78 is 2.35. The van der Waals surface area contributed by atoms with Crippen molar-refractivity contribution in [3.8, 4) is 5.69 Å². The molecule has 1 heteroatoms. The van der Waals surface area contributed by atoms with Crippen molar-refractivity contribution in [2.45, 2.75) is 0 Å². The largest absolute Gasteiger partial charge is 0.309 e. The van der Waals surface area contributed by atoms with E-state index < -0.39 is 0 Å². The van der Waals surface area contributed by atoms with Crippen LogP contribution in [0.5, 0.6) is 0 Å². The number of benzene rings is 3. The van der Waals surface area contributed by atoms with Crippen molar-refractivity contribution in [3.05, 3.63) is 95.7 Å². The van der Waals surface area contributed by atoms with Crippen molar-refractivity contribution < 1.29 is 0 Å². The van der Waals surface area contributed by atoms with Crippen molar-refractivity contribution in [2.75, 3.05) is 0 Å². The molecule has 1 aliphatic rings. The van der Waals surface area contributed by atoms with Crippen LogP contribution < -0.4 is 0 Å². The van der Waals surface area contributed by atoms with Gasteiger partial charge in [0.1, 0.15) is 0 Å². The molecule has 0 aliphatic heterocycles. The van der Waals surface area contributed by atoms with Gasteiger partial charge in [-0.15, -0.1) is 5.73 Å². The van der Waals surface area contributed by atoms with Crippen LogP contribution in [-0.2, 0) is 0 Å².